The van der Waals surface area contributed by atoms with Crippen molar-refractivity contribution in [2.24, 2.45) is 4.99 Å². The van der Waals surface area contributed by atoms with Gasteiger partial charge in [-0.2, -0.15) is 0 Å². The summed E-state index contributed by atoms with van der Waals surface area (Å²) in [6.07, 6.45) is 3.13. The van der Waals surface area contributed by atoms with E-state index in [-0.39, 0.29) is 17.5 Å². The van der Waals surface area contributed by atoms with Gasteiger partial charge in [0.15, 0.2) is 0 Å². The van der Waals surface area contributed by atoms with Gasteiger partial charge in [0.1, 0.15) is 16.0 Å². The fraction of sp³-hybridized carbons (Fsp3) is 0.562. The number of aliphatic imine (C=N–C) groups is 1. The zero-order valence-corrected chi connectivity index (χ0v) is 15.0. The van der Waals surface area contributed by atoms with Crippen molar-refractivity contribution in [2.45, 2.75) is 37.8 Å². The molecule has 0 N–H and O–H groups in total. The first-order valence-electron chi connectivity index (χ1n) is 7.43. The van der Waals surface area contributed by atoms with Gasteiger partial charge in [-0.25, -0.2) is 4.79 Å². The summed E-state index contributed by atoms with van der Waals surface area (Å²) >= 11 is 1.55. The average molecular weight is 337 g/mol. The molecule has 0 fully saturated rings. The summed E-state index contributed by atoms with van der Waals surface area (Å²) in [5.41, 5.74) is 0.299. The molecule has 1 aliphatic rings. The van der Waals surface area contributed by atoms with E-state index < -0.39 is 5.60 Å². The van der Waals surface area contributed by atoms with Crippen molar-refractivity contribution in [3.05, 3.63) is 30.1 Å². The number of carbonyl (C=O) groups is 1. The quantitative estimate of drug-likeness (QED) is 0.827. The molecule has 2 atom stereocenters. The summed E-state index contributed by atoms with van der Waals surface area (Å²) in [6.45, 7) is 5.98. The Labute approximate surface area is 141 Å². The summed E-state index contributed by atoms with van der Waals surface area (Å²) in [7, 11) is 3.32. The summed E-state index contributed by atoms with van der Waals surface area (Å²) < 4.78 is 10.6. The molecule has 0 aliphatic carbocycles. The highest BCUT2D eigenvalue weighted by Gasteiger charge is 2.35. The number of ether oxygens (including phenoxy) is 2. The van der Waals surface area contributed by atoms with Crippen LogP contribution in [0.4, 0.5) is 4.79 Å². The SMILES string of the molecule is COCC(C)(C)OC(=O)N(C)C1SC(c2cccnc2)=NC1C. The van der Waals surface area contributed by atoms with E-state index in [4.69, 9.17) is 9.47 Å². The molecule has 1 aromatic rings. The third kappa shape index (κ3) is 4.45. The second-order valence-corrected chi connectivity index (χ2v) is 7.20. The summed E-state index contributed by atoms with van der Waals surface area (Å²) in [5.74, 6) is 0. The molecular weight excluding hydrogens is 314 g/mol. The van der Waals surface area contributed by atoms with Gasteiger partial charge >= 0.3 is 6.09 Å². The van der Waals surface area contributed by atoms with E-state index in [9.17, 15) is 4.79 Å². The van der Waals surface area contributed by atoms with Crippen LogP contribution in [-0.2, 0) is 9.47 Å². The van der Waals surface area contributed by atoms with Crippen LogP contribution in [0.15, 0.2) is 29.5 Å². The van der Waals surface area contributed by atoms with Gasteiger partial charge in [-0.15, -0.1) is 0 Å². The monoisotopic (exact) mass is 337 g/mol. The van der Waals surface area contributed by atoms with Crippen molar-refractivity contribution in [2.75, 3.05) is 20.8 Å². The standard InChI is InChI=1S/C16H23N3O3S/c1-11-14(19(4)15(20)22-16(2,3)10-21-5)23-13(18-11)12-7-6-8-17-9-12/h6-9,11,14H,10H2,1-5H3. The zero-order chi connectivity index (χ0) is 17.0. The second-order valence-electron chi connectivity index (χ2n) is 6.10. The van der Waals surface area contributed by atoms with Crippen molar-refractivity contribution in [1.82, 2.24) is 9.88 Å². The van der Waals surface area contributed by atoms with Gasteiger partial charge in [0.25, 0.3) is 0 Å². The van der Waals surface area contributed by atoms with Crippen LogP contribution in [0.5, 0.6) is 0 Å². The number of likely N-dealkylation sites (N-methyl/N-ethyl adjacent to an activating group) is 1. The number of pyridine rings is 1. The number of hydrogen-bond donors (Lipinski definition) is 0. The molecule has 1 amide bonds. The van der Waals surface area contributed by atoms with Crippen LogP contribution in [0.1, 0.15) is 26.3 Å². The Morgan fingerprint density at radius 3 is 2.83 bits per heavy atom. The van der Waals surface area contributed by atoms with Gasteiger partial charge < -0.3 is 9.47 Å². The normalized spacial score (nSPS) is 21.0. The number of rotatable bonds is 5. The number of nitrogens with zero attached hydrogens (tertiary/aromatic N) is 3. The Morgan fingerprint density at radius 1 is 1.48 bits per heavy atom. The Bertz CT molecular complexity index is 577. The van der Waals surface area contributed by atoms with Crippen molar-refractivity contribution in [1.29, 1.82) is 0 Å². The maximum atomic E-state index is 12.4. The fourth-order valence-electron chi connectivity index (χ4n) is 2.32. The highest BCUT2D eigenvalue weighted by Crippen LogP contribution is 2.32. The molecule has 126 valence electrons. The van der Waals surface area contributed by atoms with E-state index >= 15 is 0 Å². The van der Waals surface area contributed by atoms with Gasteiger partial charge in [0, 0.05) is 32.1 Å². The highest BCUT2D eigenvalue weighted by atomic mass is 32.2. The van der Waals surface area contributed by atoms with Crippen LogP contribution in [0, 0.1) is 0 Å². The van der Waals surface area contributed by atoms with E-state index in [0.717, 1.165) is 10.6 Å². The molecule has 2 unspecified atom stereocenters. The van der Waals surface area contributed by atoms with Crippen LogP contribution in [0.25, 0.3) is 0 Å². The van der Waals surface area contributed by atoms with E-state index in [2.05, 4.69) is 9.98 Å². The minimum absolute atomic E-state index is 0.0155. The van der Waals surface area contributed by atoms with E-state index in [1.165, 1.54) is 0 Å². The molecule has 0 aromatic carbocycles. The Kier molecular flexibility index (Phi) is 5.64. The van der Waals surface area contributed by atoms with Crippen molar-refractivity contribution >= 4 is 22.9 Å². The average Bonchev–Trinajstić information content (AvgIpc) is 2.88. The lowest BCUT2D eigenvalue weighted by molar-refractivity contribution is -0.0316. The van der Waals surface area contributed by atoms with Crippen LogP contribution in [0.2, 0.25) is 0 Å². The number of methoxy groups -OCH3 is 1. The molecule has 1 aliphatic heterocycles. The largest absolute Gasteiger partial charge is 0.441 e. The van der Waals surface area contributed by atoms with Crippen molar-refractivity contribution < 1.29 is 14.3 Å². The third-order valence-electron chi connectivity index (χ3n) is 3.40. The molecule has 0 saturated heterocycles. The van der Waals surface area contributed by atoms with E-state index in [1.54, 1.807) is 43.2 Å². The first-order valence-corrected chi connectivity index (χ1v) is 8.31. The van der Waals surface area contributed by atoms with E-state index in [1.807, 2.05) is 32.9 Å². The van der Waals surface area contributed by atoms with Crippen molar-refractivity contribution in [3.63, 3.8) is 0 Å². The van der Waals surface area contributed by atoms with Gasteiger partial charge in [-0.3, -0.25) is 14.9 Å². The van der Waals surface area contributed by atoms with Gasteiger partial charge in [-0.1, -0.05) is 11.8 Å². The molecule has 2 heterocycles. The highest BCUT2D eigenvalue weighted by molar-refractivity contribution is 8.15. The molecule has 2 rings (SSSR count). The Balaban J connectivity index is 2.01. The minimum Gasteiger partial charge on any atom is -0.441 e. The van der Waals surface area contributed by atoms with Gasteiger partial charge in [0.05, 0.1) is 12.6 Å². The lowest BCUT2D eigenvalue weighted by atomic mass is 10.1. The maximum Gasteiger partial charge on any atom is 0.411 e. The molecular formula is C16H23N3O3S. The van der Waals surface area contributed by atoms with Crippen LogP contribution < -0.4 is 0 Å². The van der Waals surface area contributed by atoms with Crippen LogP contribution >= 0.6 is 11.8 Å². The number of thioether (sulfide) groups is 1. The first kappa shape index (κ1) is 17.7. The number of aromatic nitrogens is 1. The maximum absolute atomic E-state index is 12.4. The van der Waals surface area contributed by atoms with Gasteiger partial charge in [0.2, 0.25) is 0 Å². The Morgan fingerprint density at radius 2 is 2.22 bits per heavy atom. The Hall–Kier alpha value is -1.60. The predicted octanol–water partition coefficient (Wildman–Crippen LogP) is 2.78. The van der Waals surface area contributed by atoms with Crippen LogP contribution in [0.3, 0.4) is 0 Å². The molecule has 0 radical (unpaired) electrons. The first-order chi connectivity index (χ1) is 10.8. The summed E-state index contributed by atoms with van der Waals surface area (Å²) in [5, 5.41) is 0.794. The molecule has 7 heteroatoms. The minimum atomic E-state index is -0.667. The zero-order valence-electron chi connectivity index (χ0n) is 14.1. The van der Waals surface area contributed by atoms with E-state index in [0.29, 0.717) is 6.61 Å². The summed E-state index contributed by atoms with van der Waals surface area (Å²) in [6, 6.07) is 3.83. The lowest BCUT2D eigenvalue weighted by Crippen LogP contribution is -2.44. The fourth-order valence-corrected chi connectivity index (χ4v) is 3.53. The lowest BCUT2D eigenvalue weighted by Gasteiger charge is -2.31. The second kappa shape index (κ2) is 7.31. The van der Waals surface area contributed by atoms with Gasteiger partial charge in [-0.05, 0) is 32.9 Å². The predicted molar refractivity (Wildman–Crippen MR) is 91.8 cm³/mol. The number of carbonyl (C=O) groups excluding carboxylic acids is 1. The number of hydrogen-bond acceptors (Lipinski definition) is 6. The smallest absolute Gasteiger partial charge is 0.411 e. The molecule has 0 saturated carbocycles. The van der Waals surface area contributed by atoms with Crippen LogP contribution in [-0.4, -0.2) is 58.8 Å². The summed E-state index contributed by atoms with van der Waals surface area (Å²) in [4.78, 5) is 22.7. The number of amides is 1. The molecule has 0 spiro atoms. The topological polar surface area (TPSA) is 64.0 Å². The molecule has 0 bridgehead atoms. The molecule has 1 aromatic heterocycles. The molecule has 6 nitrogen and oxygen atoms in total. The third-order valence-corrected chi connectivity index (χ3v) is 4.92. The van der Waals surface area contributed by atoms with Crippen molar-refractivity contribution in [3.8, 4) is 0 Å². The molecule has 23 heavy (non-hydrogen) atoms.